The van der Waals surface area contributed by atoms with Gasteiger partial charge in [0.15, 0.2) is 6.10 Å². The Balaban J connectivity index is 1.67. The summed E-state index contributed by atoms with van der Waals surface area (Å²) in [6.45, 7) is 3.26. The van der Waals surface area contributed by atoms with Crippen molar-refractivity contribution in [3.8, 4) is 0 Å². The molecule has 3 rings (SSSR count). The van der Waals surface area contributed by atoms with Gasteiger partial charge in [-0.05, 0) is 48.4 Å². The number of amides is 2. The van der Waals surface area contributed by atoms with Crippen LogP contribution in [0.1, 0.15) is 54.6 Å². The van der Waals surface area contributed by atoms with Gasteiger partial charge >= 0.3 is 19.7 Å². The number of carbonyl (C=O) groups is 3. The first-order valence-corrected chi connectivity index (χ1v) is 16.0. The number of unbranched alkanes of at least 4 members (excludes halogenated alkanes) is 1. The second-order valence-electron chi connectivity index (χ2n) is 10.5. The van der Waals surface area contributed by atoms with Crippen LogP contribution < -0.4 is 10.6 Å². The highest BCUT2D eigenvalue weighted by molar-refractivity contribution is 7.54. The third-order valence-electron chi connectivity index (χ3n) is 6.61. The van der Waals surface area contributed by atoms with Gasteiger partial charge in [0.25, 0.3) is 5.91 Å². The minimum absolute atomic E-state index is 0.0971. The van der Waals surface area contributed by atoms with E-state index in [1.807, 2.05) is 30.3 Å². The Morgan fingerprint density at radius 2 is 1.51 bits per heavy atom. The van der Waals surface area contributed by atoms with Crippen molar-refractivity contribution in [3.05, 3.63) is 107 Å². The standard InChI is InChI=1S/C32H37F2N2O8P/c1-22(2)30(36-29(37)26-17-16-25(33)19-27(26)34)45(41,43-21-24-13-7-4-8-14-24)44-28(31(38)39)15-9-10-18-35-32(40)42-20-23-11-5-3-6-12-23/h3-8,11-14,16-17,19,22,28,30H,9-10,15,18,20-21H2,1-2H3,(H,35,40)(H,36,37)(H,38,39)/t28?,30-,45?/m0/s1. The number of aliphatic carboxylic acids is 1. The summed E-state index contributed by atoms with van der Waals surface area (Å²) in [4.78, 5) is 37.2. The Morgan fingerprint density at radius 1 is 0.889 bits per heavy atom. The predicted molar refractivity (Wildman–Crippen MR) is 162 cm³/mol. The molecule has 0 heterocycles. The van der Waals surface area contributed by atoms with Gasteiger partial charge in [-0.1, -0.05) is 74.5 Å². The number of ether oxygens (including phenoxy) is 1. The van der Waals surface area contributed by atoms with Crippen molar-refractivity contribution in [2.45, 2.75) is 58.2 Å². The number of hydrogen-bond donors (Lipinski definition) is 3. The number of carbonyl (C=O) groups excluding carboxylic acids is 2. The van der Waals surface area contributed by atoms with Crippen LogP contribution in [0.5, 0.6) is 0 Å². The molecule has 0 saturated carbocycles. The van der Waals surface area contributed by atoms with Crippen molar-refractivity contribution in [1.29, 1.82) is 0 Å². The molecule has 0 aliphatic heterocycles. The number of rotatable bonds is 17. The minimum Gasteiger partial charge on any atom is -0.479 e. The summed E-state index contributed by atoms with van der Waals surface area (Å²) in [5, 5.41) is 15.0. The van der Waals surface area contributed by atoms with Crippen molar-refractivity contribution < 1.29 is 46.6 Å². The lowest BCUT2D eigenvalue weighted by atomic mass is 10.1. The highest BCUT2D eigenvalue weighted by Gasteiger charge is 2.43. The van der Waals surface area contributed by atoms with Crippen LogP contribution in [0, 0.1) is 17.6 Å². The third kappa shape index (κ3) is 11.4. The van der Waals surface area contributed by atoms with Crippen LogP contribution in [0.4, 0.5) is 13.6 Å². The molecule has 0 radical (unpaired) electrons. The van der Waals surface area contributed by atoms with E-state index in [4.69, 9.17) is 13.8 Å². The van der Waals surface area contributed by atoms with Crippen molar-refractivity contribution in [2.24, 2.45) is 5.92 Å². The number of hydrogen-bond acceptors (Lipinski definition) is 7. The third-order valence-corrected chi connectivity index (χ3v) is 9.05. The molecule has 2 unspecified atom stereocenters. The van der Waals surface area contributed by atoms with Gasteiger partial charge in [0.1, 0.15) is 24.0 Å². The van der Waals surface area contributed by atoms with E-state index in [1.54, 1.807) is 44.2 Å². The van der Waals surface area contributed by atoms with Crippen LogP contribution >= 0.6 is 7.60 Å². The summed E-state index contributed by atoms with van der Waals surface area (Å²) in [6.07, 6.45) is -1.71. The topological polar surface area (TPSA) is 140 Å². The van der Waals surface area contributed by atoms with E-state index in [0.29, 0.717) is 18.1 Å². The molecule has 0 aliphatic rings. The molecular formula is C32H37F2N2O8P. The molecule has 45 heavy (non-hydrogen) atoms. The molecule has 10 nitrogen and oxygen atoms in total. The van der Waals surface area contributed by atoms with Crippen molar-refractivity contribution in [2.75, 3.05) is 6.54 Å². The molecule has 13 heteroatoms. The van der Waals surface area contributed by atoms with Crippen molar-refractivity contribution in [3.63, 3.8) is 0 Å². The second kappa shape index (κ2) is 17.4. The highest BCUT2D eigenvalue weighted by atomic mass is 31.2. The minimum atomic E-state index is -4.47. The maximum Gasteiger partial charge on any atom is 0.407 e. The highest BCUT2D eigenvalue weighted by Crippen LogP contribution is 2.56. The van der Waals surface area contributed by atoms with E-state index < -0.39 is 60.6 Å². The number of alkyl carbamates (subject to hydrolysis) is 1. The number of carboxylic acids is 1. The molecule has 0 aromatic heterocycles. The van der Waals surface area contributed by atoms with Crippen LogP contribution in [-0.4, -0.2) is 41.5 Å². The van der Waals surface area contributed by atoms with Crippen molar-refractivity contribution in [1.82, 2.24) is 10.6 Å². The molecular weight excluding hydrogens is 609 g/mol. The van der Waals surface area contributed by atoms with Gasteiger partial charge in [0.2, 0.25) is 0 Å². The second-order valence-corrected chi connectivity index (χ2v) is 12.6. The molecule has 3 N–H and O–H groups in total. The molecule has 242 valence electrons. The molecule has 0 spiro atoms. The first kappa shape index (κ1) is 35.4. The Morgan fingerprint density at radius 3 is 2.09 bits per heavy atom. The Labute approximate surface area is 260 Å². The fraction of sp³-hybridized carbons (Fsp3) is 0.344. The average molecular weight is 647 g/mol. The lowest BCUT2D eigenvalue weighted by Crippen LogP contribution is -2.41. The normalized spacial score (nSPS) is 13.8. The molecule has 0 aliphatic carbocycles. The van der Waals surface area contributed by atoms with E-state index in [2.05, 4.69) is 10.6 Å². The Hall–Kier alpha value is -4.12. The van der Waals surface area contributed by atoms with E-state index in [0.717, 1.165) is 17.7 Å². The maximum atomic E-state index is 14.4. The summed E-state index contributed by atoms with van der Waals surface area (Å²) in [7, 11) is -4.47. The molecule has 2 amide bonds. The quantitative estimate of drug-likeness (QED) is 0.109. The van der Waals surface area contributed by atoms with Gasteiger partial charge < -0.3 is 25.0 Å². The summed E-state index contributed by atoms with van der Waals surface area (Å²) in [6, 6.07) is 20.2. The number of carboxylic acid groups (broad SMARTS) is 1. The lowest BCUT2D eigenvalue weighted by molar-refractivity contribution is -0.146. The summed E-state index contributed by atoms with van der Waals surface area (Å²) in [5.74, 6) is -6.44. The van der Waals surface area contributed by atoms with Crippen molar-refractivity contribution >= 4 is 25.6 Å². The van der Waals surface area contributed by atoms with Gasteiger partial charge in [0, 0.05) is 12.6 Å². The summed E-state index contributed by atoms with van der Waals surface area (Å²) >= 11 is 0. The smallest absolute Gasteiger partial charge is 0.407 e. The van der Waals surface area contributed by atoms with Gasteiger partial charge in [-0.3, -0.25) is 13.9 Å². The van der Waals surface area contributed by atoms with E-state index in [1.165, 1.54) is 0 Å². The fourth-order valence-corrected chi connectivity index (χ4v) is 6.47. The first-order chi connectivity index (χ1) is 21.5. The van der Waals surface area contributed by atoms with Gasteiger partial charge in [-0.25, -0.2) is 18.4 Å². The first-order valence-electron chi connectivity index (χ1n) is 14.4. The fourth-order valence-electron chi connectivity index (χ4n) is 4.23. The summed E-state index contributed by atoms with van der Waals surface area (Å²) < 4.78 is 58.8. The average Bonchev–Trinajstić information content (AvgIpc) is 3.01. The number of halogens is 2. The molecule has 3 atom stereocenters. The Bertz CT molecular complexity index is 1460. The Kier molecular flexibility index (Phi) is 13.7. The zero-order valence-corrected chi connectivity index (χ0v) is 25.9. The SMILES string of the molecule is CC(C)[C@@H](NC(=O)c1ccc(F)cc1F)P(=O)(OCc1ccccc1)OC(CCCCNC(=O)OCc1ccccc1)C(=O)O. The largest absolute Gasteiger partial charge is 0.479 e. The van der Waals surface area contributed by atoms with Crippen LogP contribution in [-0.2, 0) is 36.4 Å². The molecule has 0 saturated heterocycles. The number of nitrogens with one attached hydrogen (secondary N) is 2. The van der Waals surface area contributed by atoms with Gasteiger partial charge in [-0.15, -0.1) is 0 Å². The maximum absolute atomic E-state index is 14.4. The van der Waals surface area contributed by atoms with Gasteiger partial charge in [-0.2, -0.15) is 0 Å². The van der Waals surface area contributed by atoms with Crippen LogP contribution in [0.25, 0.3) is 0 Å². The zero-order chi connectivity index (χ0) is 32.8. The zero-order valence-electron chi connectivity index (χ0n) is 25.0. The molecule has 0 fully saturated rings. The van der Waals surface area contributed by atoms with Crippen LogP contribution in [0.3, 0.4) is 0 Å². The molecule has 0 bridgehead atoms. The lowest BCUT2D eigenvalue weighted by Gasteiger charge is -2.32. The predicted octanol–water partition coefficient (Wildman–Crippen LogP) is 6.65. The van der Waals surface area contributed by atoms with Gasteiger partial charge in [0.05, 0.1) is 12.2 Å². The molecule has 3 aromatic rings. The van der Waals surface area contributed by atoms with Crippen LogP contribution in [0.2, 0.25) is 0 Å². The van der Waals surface area contributed by atoms with Crippen LogP contribution in [0.15, 0.2) is 78.9 Å². The summed E-state index contributed by atoms with van der Waals surface area (Å²) in [5.41, 5.74) is 0.935. The monoisotopic (exact) mass is 646 g/mol. The number of benzene rings is 3. The van der Waals surface area contributed by atoms with E-state index in [9.17, 15) is 32.8 Å². The van der Waals surface area contributed by atoms with E-state index >= 15 is 0 Å². The molecule has 3 aromatic carbocycles. The van der Waals surface area contributed by atoms with E-state index in [-0.39, 0.29) is 32.6 Å².